The van der Waals surface area contributed by atoms with E-state index < -0.39 is 18.1 Å². The molecule has 0 fully saturated rings. The van der Waals surface area contributed by atoms with E-state index in [-0.39, 0.29) is 42.7 Å². The summed E-state index contributed by atoms with van der Waals surface area (Å²) >= 11 is 0. The third-order valence-corrected chi connectivity index (χ3v) is 11.5. The third kappa shape index (κ3) is 42.6. The summed E-state index contributed by atoms with van der Waals surface area (Å²) in [6, 6.07) is -0.727. The molecule has 0 aliphatic rings. The normalized spacial score (nSPS) is 13.1. The largest absolute Gasteiger partial charge is 0.544 e. The van der Waals surface area contributed by atoms with Gasteiger partial charge in [-0.2, -0.15) is 0 Å². The molecule has 0 aliphatic carbocycles. The Morgan fingerprint density at radius 3 is 1.30 bits per heavy atom. The summed E-state index contributed by atoms with van der Waals surface area (Å²) in [7, 11) is 5.41. The Hall–Kier alpha value is -2.45. The van der Waals surface area contributed by atoms with Gasteiger partial charge in [0.2, 0.25) is 0 Å². The van der Waals surface area contributed by atoms with Gasteiger partial charge in [-0.15, -0.1) is 0 Å². The van der Waals surface area contributed by atoms with Gasteiger partial charge < -0.3 is 28.6 Å². The molecule has 0 bridgehead atoms. The lowest BCUT2D eigenvalue weighted by atomic mass is 10.1. The van der Waals surface area contributed by atoms with Crippen molar-refractivity contribution >= 4 is 17.9 Å². The molecule has 8 heteroatoms. The van der Waals surface area contributed by atoms with Gasteiger partial charge in [-0.25, -0.2) is 0 Å². The number of unbranched alkanes of at least 4 members (excludes halogenated alkanes) is 26. The SMILES string of the molecule is CCCCCC/C=C/CCCCCCCCCC(=O)OC(COCCC(C(=O)[O-])[N+](C)(C)C)COC(=O)CCCCCCCCC/C=C/C/C=C/CCCCCCCCCC. The van der Waals surface area contributed by atoms with Crippen molar-refractivity contribution in [2.75, 3.05) is 41.0 Å². The molecule has 0 aromatic rings. The predicted octanol–water partition coefficient (Wildman–Crippen LogP) is 13.3. The monoisotopic (exact) mass is 860 g/mol. The van der Waals surface area contributed by atoms with Crippen LogP contribution in [0.5, 0.6) is 0 Å². The molecule has 61 heavy (non-hydrogen) atoms. The number of ether oxygens (including phenoxy) is 3. The zero-order chi connectivity index (χ0) is 44.9. The first kappa shape index (κ1) is 58.6. The number of aliphatic carboxylic acids is 1. The third-order valence-electron chi connectivity index (χ3n) is 11.5. The number of allylic oxidation sites excluding steroid dienone is 6. The number of esters is 2. The van der Waals surface area contributed by atoms with Crippen LogP contribution in [0.1, 0.15) is 232 Å². The zero-order valence-corrected chi connectivity index (χ0v) is 40.6. The van der Waals surface area contributed by atoms with Gasteiger partial charge in [0, 0.05) is 19.3 Å². The van der Waals surface area contributed by atoms with Crippen molar-refractivity contribution in [2.24, 2.45) is 0 Å². The van der Waals surface area contributed by atoms with Crippen molar-refractivity contribution in [3.05, 3.63) is 36.5 Å². The Kier molecular flexibility index (Phi) is 42.4. The summed E-state index contributed by atoms with van der Waals surface area (Å²) in [5.41, 5.74) is 0. The van der Waals surface area contributed by atoms with Crippen molar-refractivity contribution < 1.29 is 38.2 Å². The molecule has 2 unspecified atom stereocenters. The number of hydrogen-bond donors (Lipinski definition) is 0. The Morgan fingerprint density at radius 2 is 0.869 bits per heavy atom. The molecule has 8 nitrogen and oxygen atoms in total. The smallest absolute Gasteiger partial charge is 0.306 e. The lowest BCUT2D eigenvalue weighted by molar-refractivity contribution is -0.889. The first-order valence-electron chi connectivity index (χ1n) is 25.5. The molecule has 0 N–H and O–H groups in total. The summed E-state index contributed by atoms with van der Waals surface area (Å²) in [5, 5.41) is 11.7. The van der Waals surface area contributed by atoms with Crippen molar-refractivity contribution in [3.63, 3.8) is 0 Å². The number of carbonyl (C=O) groups is 3. The molecule has 0 aromatic heterocycles. The zero-order valence-electron chi connectivity index (χ0n) is 40.6. The topological polar surface area (TPSA) is 102 Å². The minimum absolute atomic E-state index is 0.0379. The second kappa shape index (κ2) is 44.2. The van der Waals surface area contributed by atoms with Crippen LogP contribution in [0.3, 0.4) is 0 Å². The highest BCUT2D eigenvalue weighted by atomic mass is 16.6. The van der Waals surface area contributed by atoms with E-state index in [1.165, 1.54) is 148 Å². The summed E-state index contributed by atoms with van der Waals surface area (Å²) in [6.45, 7) is 4.66. The molecule has 0 saturated heterocycles. The lowest BCUT2D eigenvalue weighted by Gasteiger charge is -2.34. The maximum absolute atomic E-state index is 12.8. The van der Waals surface area contributed by atoms with Gasteiger partial charge in [0.15, 0.2) is 6.10 Å². The maximum Gasteiger partial charge on any atom is 0.306 e. The van der Waals surface area contributed by atoms with Crippen LogP contribution in [0, 0.1) is 0 Å². The highest BCUT2D eigenvalue weighted by Gasteiger charge is 2.25. The standard InChI is InChI=1S/C53H97NO7/c1-6-8-10-12-14-16-18-20-22-23-24-25-26-27-28-30-31-33-35-37-39-41-43-51(55)60-48-49(47-59-46-45-50(53(57)58)54(3,4)5)61-52(56)44-42-40-38-36-34-32-29-21-19-17-15-13-11-9-7-2/h17,19,23-24,26-27,49-50H,6-16,18,20-22,25,28-48H2,1-5H3/b19-17+,24-23+,27-26+. The Bertz CT molecular complexity index is 1090. The van der Waals surface area contributed by atoms with Gasteiger partial charge in [0.1, 0.15) is 12.6 Å². The number of carbonyl (C=O) groups excluding carboxylic acids is 3. The van der Waals surface area contributed by atoms with E-state index in [1.54, 1.807) is 21.1 Å². The first-order chi connectivity index (χ1) is 29.6. The van der Waals surface area contributed by atoms with Crippen molar-refractivity contribution in [1.82, 2.24) is 0 Å². The van der Waals surface area contributed by atoms with Gasteiger partial charge >= 0.3 is 11.9 Å². The van der Waals surface area contributed by atoms with E-state index in [4.69, 9.17) is 14.2 Å². The second-order valence-corrected chi connectivity index (χ2v) is 18.4. The molecule has 0 rings (SSSR count). The number of rotatable bonds is 46. The Morgan fingerprint density at radius 1 is 0.492 bits per heavy atom. The van der Waals surface area contributed by atoms with Crippen LogP contribution in [0.4, 0.5) is 0 Å². The van der Waals surface area contributed by atoms with Crippen molar-refractivity contribution in [3.8, 4) is 0 Å². The molecule has 0 saturated carbocycles. The number of quaternary nitrogens is 1. The van der Waals surface area contributed by atoms with Crippen LogP contribution in [0.25, 0.3) is 0 Å². The van der Waals surface area contributed by atoms with Gasteiger partial charge in [0.25, 0.3) is 0 Å². The maximum atomic E-state index is 12.8. The van der Waals surface area contributed by atoms with E-state index in [0.29, 0.717) is 12.8 Å². The van der Waals surface area contributed by atoms with E-state index in [0.717, 1.165) is 51.4 Å². The summed E-state index contributed by atoms with van der Waals surface area (Å²) in [6.07, 6.45) is 51.7. The molecule has 356 valence electrons. The molecular formula is C53H97NO7. The number of hydrogen-bond acceptors (Lipinski definition) is 7. The van der Waals surface area contributed by atoms with Crippen LogP contribution in [0.15, 0.2) is 36.5 Å². The number of carboxylic acid groups (broad SMARTS) is 1. The highest BCUT2D eigenvalue weighted by molar-refractivity contribution is 5.70. The Labute approximate surface area is 376 Å². The number of carboxylic acids is 1. The van der Waals surface area contributed by atoms with Crippen LogP contribution < -0.4 is 5.11 Å². The van der Waals surface area contributed by atoms with E-state index >= 15 is 0 Å². The van der Waals surface area contributed by atoms with E-state index in [2.05, 4.69) is 50.3 Å². The highest BCUT2D eigenvalue weighted by Crippen LogP contribution is 2.15. The molecular weight excluding hydrogens is 763 g/mol. The molecule has 0 aliphatic heterocycles. The fourth-order valence-corrected chi connectivity index (χ4v) is 7.51. The average molecular weight is 860 g/mol. The van der Waals surface area contributed by atoms with E-state index in [1.807, 2.05) is 0 Å². The molecule has 0 radical (unpaired) electrons. The Balaban J connectivity index is 4.24. The van der Waals surface area contributed by atoms with Crippen LogP contribution in [-0.2, 0) is 28.6 Å². The number of nitrogens with zero attached hydrogens (tertiary/aromatic N) is 1. The summed E-state index contributed by atoms with van der Waals surface area (Å²) in [4.78, 5) is 37.0. The lowest BCUT2D eigenvalue weighted by Crippen LogP contribution is -2.55. The minimum Gasteiger partial charge on any atom is -0.544 e. The predicted molar refractivity (Wildman–Crippen MR) is 254 cm³/mol. The van der Waals surface area contributed by atoms with Crippen LogP contribution in [0.2, 0.25) is 0 Å². The van der Waals surface area contributed by atoms with Gasteiger partial charge in [-0.3, -0.25) is 9.59 Å². The van der Waals surface area contributed by atoms with E-state index in [9.17, 15) is 19.5 Å². The summed E-state index contributed by atoms with van der Waals surface area (Å²) in [5.74, 6) is -1.74. The van der Waals surface area contributed by atoms with Gasteiger partial charge in [-0.1, -0.05) is 179 Å². The fourth-order valence-electron chi connectivity index (χ4n) is 7.51. The molecule has 0 amide bonds. The molecule has 2 atom stereocenters. The first-order valence-corrected chi connectivity index (χ1v) is 25.5. The fraction of sp³-hybridized carbons (Fsp3) is 0.830. The van der Waals surface area contributed by atoms with Crippen LogP contribution in [-0.4, -0.2) is 75.5 Å². The van der Waals surface area contributed by atoms with Crippen LogP contribution >= 0.6 is 0 Å². The van der Waals surface area contributed by atoms with Gasteiger partial charge in [-0.05, 0) is 70.6 Å². The summed E-state index contributed by atoms with van der Waals surface area (Å²) < 4.78 is 17.2. The molecule has 0 heterocycles. The average Bonchev–Trinajstić information content (AvgIpc) is 3.22. The van der Waals surface area contributed by atoms with Crippen molar-refractivity contribution in [1.29, 1.82) is 0 Å². The molecule has 0 spiro atoms. The number of likely N-dealkylation sites (N-methyl/N-ethyl adjacent to an activating group) is 1. The quantitative estimate of drug-likeness (QED) is 0.0260. The molecule has 0 aromatic carbocycles. The van der Waals surface area contributed by atoms with Crippen molar-refractivity contribution in [2.45, 2.75) is 244 Å². The second-order valence-electron chi connectivity index (χ2n) is 18.4. The minimum atomic E-state index is -1.13. The van der Waals surface area contributed by atoms with Gasteiger partial charge in [0.05, 0.1) is 40.3 Å².